The van der Waals surface area contributed by atoms with Crippen LogP contribution in [0.5, 0.6) is 0 Å². The fourth-order valence-electron chi connectivity index (χ4n) is 2.80. The molecule has 0 unspecified atom stereocenters. The van der Waals surface area contributed by atoms with Gasteiger partial charge in [-0.2, -0.15) is 5.10 Å². The van der Waals surface area contributed by atoms with Gasteiger partial charge < -0.3 is 10.6 Å². The van der Waals surface area contributed by atoms with Crippen LogP contribution >= 0.6 is 0 Å². The minimum atomic E-state index is -0.780. The van der Waals surface area contributed by atoms with Crippen LogP contribution in [0.25, 0.3) is 0 Å². The smallest absolute Gasteiger partial charge is 0.318 e. The molecule has 3 N–H and O–H groups in total. The molecule has 2 rings (SSSR count). The van der Waals surface area contributed by atoms with Crippen molar-refractivity contribution in [3.63, 3.8) is 0 Å². The summed E-state index contributed by atoms with van der Waals surface area (Å²) in [7, 11) is 1.94. The van der Waals surface area contributed by atoms with Crippen molar-refractivity contribution in [1.29, 1.82) is 0 Å². The zero-order valence-corrected chi connectivity index (χ0v) is 12.4. The third kappa shape index (κ3) is 4.86. The van der Waals surface area contributed by atoms with Crippen LogP contribution in [-0.4, -0.2) is 46.3 Å². The van der Waals surface area contributed by atoms with E-state index in [-0.39, 0.29) is 5.91 Å². The maximum absolute atomic E-state index is 11.3. The first-order valence-corrected chi connectivity index (χ1v) is 7.35. The molecule has 1 aromatic rings. The first kappa shape index (κ1) is 15.5. The molecule has 1 aliphatic rings. The number of amides is 3. The van der Waals surface area contributed by atoms with Gasteiger partial charge in [-0.3, -0.25) is 14.8 Å². The first-order valence-electron chi connectivity index (χ1n) is 7.35. The molecule has 0 aliphatic carbocycles. The number of primary amides is 1. The summed E-state index contributed by atoms with van der Waals surface area (Å²) in [6.07, 6.45) is 7.38. The summed E-state index contributed by atoms with van der Waals surface area (Å²) in [5.41, 5.74) is 6.21. The van der Waals surface area contributed by atoms with E-state index in [9.17, 15) is 9.59 Å². The lowest BCUT2D eigenvalue weighted by Gasteiger charge is -2.31. The molecular formula is C14H23N5O2. The number of piperidine rings is 1. The van der Waals surface area contributed by atoms with Crippen molar-refractivity contribution in [3.05, 3.63) is 18.0 Å². The lowest BCUT2D eigenvalue weighted by molar-refractivity contribution is -0.120. The number of carbonyl (C=O) groups is 2. The highest BCUT2D eigenvalue weighted by molar-refractivity contribution is 5.93. The van der Waals surface area contributed by atoms with E-state index in [1.807, 2.05) is 17.9 Å². The average molecular weight is 293 g/mol. The predicted molar refractivity (Wildman–Crippen MR) is 78.6 cm³/mol. The normalized spacial score (nSPS) is 16.8. The lowest BCUT2D eigenvalue weighted by atomic mass is 9.91. The zero-order chi connectivity index (χ0) is 15.2. The van der Waals surface area contributed by atoms with Crippen LogP contribution in [0.3, 0.4) is 0 Å². The molecule has 0 saturated carbocycles. The highest BCUT2D eigenvalue weighted by atomic mass is 16.2. The Labute approximate surface area is 124 Å². The number of hydrogen-bond acceptors (Lipinski definition) is 4. The Balaban J connectivity index is 1.65. The van der Waals surface area contributed by atoms with Gasteiger partial charge in [0.05, 0.1) is 6.20 Å². The number of aromatic nitrogens is 2. The number of hydrogen-bond donors (Lipinski definition) is 2. The molecule has 0 aromatic carbocycles. The maximum atomic E-state index is 11.3. The first-order chi connectivity index (χ1) is 10.0. The number of nitrogens with zero attached hydrogens (tertiary/aromatic N) is 3. The van der Waals surface area contributed by atoms with Crippen LogP contribution in [0.1, 0.15) is 37.2 Å². The molecule has 1 saturated heterocycles. The fourth-order valence-corrected chi connectivity index (χ4v) is 2.80. The Morgan fingerprint density at radius 2 is 2.14 bits per heavy atom. The van der Waals surface area contributed by atoms with Crippen LogP contribution in [0, 0.1) is 0 Å². The van der Waals surface area contributed by atoms with Crippen LogP contribution in [0.4, 0.5) is 4.79 Å². The van der Waals surface area contributed by atoms with Crippen molar-refractivity contribution in [2.24, 2.45) is 12.8 Å². The molecular weight excluding hydrogens is 270 g/mol. The molecule has 7 nitrogen and oxygen atoms in total. The summed E-state index contributed by atoms with van der Waals surface area (Å²) >= 11 is 0. The van der Waals surface area contributed by atoms with E-state index >= 15 is 0 Å². The fraction of sp³-hybridized carbons (Fsp3) is 0.643. The molecule has 1 aliphatic heterocycles. The van der Waals surface area contributed by atoms with Crippen LogP contribution in [0.15, 0.2) is 12.4 Å². The Morgan fingerprint density at radius 3 is 2.71 bits per heavy atom. The number of urea groups is 1. The SMILES string of the molecule is Cn1cc(C2CCN(CCCC(=O)NC(N)=O)CC2)cn1. The minimum absolute atomic E-state index is 0.298. The van der Waals surface area contributed by atoms with Crippen molar-refractivity contribution < 1.29 is 9.59 Å². The molecule has 2 heterocycles. The van der Waals surface area contributed by atoms with E-state index < -0.39 is 6.03 Å². The molecule has 0 bridgehead atoms. The molecule has 0 radical (unpaired) electrons. The highest BCUT2D eigenvalue weighted by Gasteiger charge is 2.21. The standard InChI is InChI=1S/C14H23N5O2/c1-18-10-12(9-16-18)11-4-7-19(8-5-11)6-2-3-13(20)17-14(15)21/h9-11H,2-8H2,1H3,(H3,15,17,20,21). The molecule has 3 amide bonds. The summed E-state index contributed by atoms with van der Waals surface area (Å²) in [6, 6.07) is -0.780. The predicted octanol–water partition coefficient (Wildman–Crippen LogP) is 0.575. The molecule has 1 aromatic heterocycles. The Morgan fingerprint density at radius 1 is 1.43 bits per heavy atom. The van der Waals surface area contributed by atoms with Crippen LogP contribution in [0.2, 0.25) is 0 Å². The van der Waals surface area contributed by atoms with Crippen molar-refractivity contribution >= 4 is 11.9 Å². The van der Waals surface area contributed by atoms with E-state index in [1.165, 1.54) is 5.56 Å². The van der Waals surface area contributed by atoms with E-state index in [4.69, 9.17) is 5.73 Å². The number of carbonyl (C=O) groups excluding carboxylic acids is 2. The molecule has 21 heavy (non-hydrogen) atoms. The van der Waals surface area contributed by atoms with Gasteiger partial charge in [0, 0.05) is 19.7 Å². The number of imide groups is 1. The number of nitrogens with two attached hydrogens (primary N) is 1. The molecule has 0 spiro atoms. The summed E-state index contributed by atoms with van der Waals surface area (Å²) < 4.78 is 1.85. The summed E-state index contributed by atoms with van der Waals surface area (Å²) in [5, 5.41) is 6.31. The lowest BCUT2D eigenvalue weighted by Crippen LogP contribution is -2.36. The van der Waals surface area contributed by atoms with Crippen LogP contribution in [-0.2, 0) is 11.8 Å². The summed E-state index contributed by atoms with van der Waals surface area (Å²) in [5.74, 6) is 0.292. The summed E-state index contributed by atoms with van der Waals surface area (Å²) in [6.45, 7) is 2.96. The molecule has 0 atom stereocenters. The summed E-state index contributed by atoms with van der Waals surface area (Å²) in [4.78, 5) is 24.2. The van der Waals surface area contributed by atoms with Gasteiger partial charge in [-0.15, -0.1) is 0 Å². The number of aryl methyl sites for hydroxylation is 1. The van der Waals surface area contributed by atoms with Gasteiger partial charge >= 0.3 is 6.03 Å². The van der Waals surface area contributed by atoms with Gasteiger partial charge in [-0.05, 0) is 50.4 Å². The Hall–Kier alpha value is -1.89. The molecule has 116 valence electrons. The minimum Gasteiger partial charge on any atom is -0.351 e. The van der Waals surface area contributed by atoms with Crippen molar-refractivity contribution in [2.75, 3.05) is 19.6 Å². The highest BCUT2D eigenvalue weighted by Crippen LogP contribution is 2.27. The third-order valence-electron chi connectivity index (χ3n) is 3.92. The monoisotopic (exact) mass is 293 g/mol. The maximum Gasteiger partial charge on any atom is 0.318 e. The van der Waals surface area contributed by atoms with Crippen molar-refractivity contribution in [1.82, 2.24) is 20.0 Å². The van der Waals surface area contributed by atoms with E-state index in [1.54, 1.807) is 0 Å². The number of likely N-dealkylation sites (tertiary alicyclic amines) is 1. The Bertz CT molecular complexity index is 491. The Kier molecular flexibility index (Phi) is 5.32. The van der Waals surface area contributed by atoms with Crippen molar-refractivity contribution in [2.45, 2.75) is 31.6 Å². The van der Waals surface area contributed by atoms with E-state index in [2.05, 4.69) is 21.5 Å². The van der Waals surface area contributed by atoms with Gasteiger partial charge in [-0.1, -0.05) is 0 Å². The second-order valence-corrected chi connectivity index (χ2v) is 5.58. The van der Waals surface area contributed by atoms with Crippen molar-refractivity contribution in [3.8, 4) is 0 Å². The van der Waals surface area contributed by atoms with Crippen LogP contribution < -0.4 is 11.1 Å². The molecule has 1 fully saturated rings. The van der Waals surface area contributed by atoms with Gasteiger partial charge in [0.2, 0.25) is 5.91 Å². The second-order valence-electron chi connectivity index (χ2n) is 5.58. The topological polar surface area (TPSA) is 93.3 Å². The van der Waals surface area contributed by atoms with Gasteiger partial charge in [0.15, 0.2) is 0 Å². The average Bonchev–Trinajstić information content (AvgIpc) is 2.85. The third-order valence-corrected chi connectivity index (χ3v) is 3.92. The largest absolute Gasteiger partial charge is 0.351 e. The van der Waals surface area contributed by atoms with Gasteiger partial charge in [0.25, 0.3) is 0 Å². The van der Waals surface area contributed by atoms with E-state index in [0.29, 0.717) is 12.3 Å². The van der Waals surface area contributed by atoms with E-state index in [0.717, 1.165) is 38.9 Å². The second kappa shape index (κ2) is 7.21. The number of rotatable bonds is 5. The van der Waals surface area contributed by atoms with Gasteiger partial charge in [-0.25, -0.2) is 4.79 Å². The van der Waals surface area contributed by atoms with Gasteiger partial charge in [0.1, 0.15) is 0 Å². The zero-order valence-electron chi connectivity index (χ0n) is 12.4. The molecule has 7 heteroatoms. The number of nitrogens with one attached hydrogen (secondary N) is 1. The quantitative estimate of drug-likeness (QED) is 0.830.